The van der Waals surface area contributed by atoms with Crippen molar-refractivity contribution in [2.45, 2.75) is 13.5 Å². The zero-order chi connectivity index (χ0) is 14.4. The van der Waals surface area contributed by atoms with Crippen LogP contribution < -0.4 is 11.1 Å². The third-order valence-electron chi connectivity index (χ3n) is 2.77. The van der Waals surface area contributed by atoms with Gasteiger partial charge < -0.3 is 11.1 Å². The van der Waals surface area contributed by atoms with Crippen LogP contribution in [0.3, 0.4) is 0 Å². The van der Waals surface area contributed by atoms with Crippen LogP contribution in [-0.4, -0.2) is 22.2 Å². The van der Waals surface area contributed by atoms with E-state index in [0.717, 1.165) is 11.1 Å². The number of nitrogens with two attached hydrogens (primary N) is 1. The molecule has 0 radical (unpaired) electrons. The van der Waals surface area contributed by atoms with Gasteiger partial charge in [0.05, 0.1) is 12.7 Å². The van der Waals surface area contributed by atoms with E-state index in [1.54, 1.807) is 29.1 Å². The number of nitrogen functional groups attached to an aromatic ring is 1. The first-order chi connectivity index (χ1) is 9.63. The predicted octanol–water partition coefficient (Wildman–Crippen LogP) is 1.60. The number of carbonyl (C=O) groups excluding carboxylic acids is 1. The molecule has 20 heavy (non-hydrogen) atoms. The molecule has 0 aliphatic rings. The highest BCUT2D eigenvalue weighted by Crippen LogP contribution is 2.06. The molecular formula is C15H18N4O. The highest BCUT2D eigenvalue weighted by atomic mass is 16.1. The third kappa shape index (κ3) is 4.28. The molecule has 3 N–H and O–H groups in total. The lowest BCUT2D eigenvalue weighted by molar-refractivity contribution is -0.116. The van der Waals surface area contributed by atoms with Crippen LogP contribution in [0, 0.1) is 6.92 Å². The maximum Gasteiger partial charge on any atom is 0.244 e. The number of nitrogens with one attached hydrogen (secondary N) is 1. The monoisotopic (exact) mass is 270 g/mol. The van der Waals surface area contributed by atoms with Crippen LogP contribution in [0.25, 0.3) is 6.08 Å². The summed E-state index contributed by atoms with van der Waals surface area (Å²) in [7, 11) is 0. The quantitative estimate of drug-likeness (QED) is 0.640. The van der Waals surface area contributed by atoms with Gasteiger partial charge in [0.2, 0.25) is 5.91 Å². The predicted molar refractivity (Wildman–Crippen MR) is 79.9 cm³/mol. The molecule has 0 saturated heterocycles. The fourth-order valence-corrected chi connectivity index (χ4v) is 1.72. The van der Waals surface area contributed by atoms with E-state index in [4.69, 9.17) is 5.73 Å². The Hall–Kier alpha value is -2.56. The number of aryl methyl sites for hydroxylation is 1. The fourth-order valence-electron chi connectivity index (χ4n) is 1.72. The number of hydrogen-bond donors (Lipinski definition) is 2. The van der Waals surface area contributed by atoms with Crippen molar-refractivity contribution in [3.8, 4) is 0 Å². The van der Waals surface area contributed by atoms with E-state index >= 15 is 0 Å². The number of benzene rings is 1. The second-order valence-electron chi connectivity index (χ2n) is 4.57. The Bertz CT molecular complexity index is 599. The van der Waals surface area contributed by atoms with Gasteiger partial charge in [-0.05, 0) is 36.3 Å². The summed E-state index contributed by atoms with van der Waals surface area (Å²) in [5.74, 6) is -0.120. The number of nitrogens with zero attached hydrogens (tertiary/aromatic N) is 2. The van der Waals surface area contributed by atoms with Gasteiger partial charge in [-0.3, -0.25) is 9.48 Å². The number of anilines is 1. The van der Waals surface area contributed by atoms with Crippen molar-refractivity contribution in [1.82, 2.24) is 15.1 Å². The minimum atomic E-state index is -0.120. The average Bonchev–Trinajstić information content (AvgIpc) is 2.84. The van der Waals surface area contributed by atoms with E-state index in [1.165, 1.54) is 6.08 Å². The van der Waals surface area contributed by atoms with Crippen molar-refractivity contribution in [1.29, 1.82) is 0 Å². The zero-order valence-corrected chi connectivity index (χ0v) is 11.4. The number of amides is 1. The molecule has 1 aromatic heterocycles. The summed E-state index contributed by atoms with van der Waals surface area (Å²) >= 11 is 0. The van der Waals surface area contributed by atoms with Crippen LogP contribution >= 0.6 is 0 Å². The second kappa shape index (κ2) is 6.56. The molecule has 2 aromatic rings. The minimum absolute atomic E-state index is 0.120. The van der Waals surface area contributed by atoms with Crippen LogP contribution in [0.1, 0.15) is 11.1 Å². The smallest absolute Gasteiger partial charge is 0.244 e. The van der Waals surface area contributed by atoms with Gasteiger partial charge in [0.15, 0.2) is 0 Å². The lowest BCUT2D eigenvalue weighted by Crippen LogP contribution is -2.25. The molecule has 5 nitrogen and oxygen atoms in total. The average molecular weight is 270 g/mol. The lowest BCUT2D eigenvalue weighted by Gasteiger charge is -2.02. The standard InChI is InChI=1S/C15H18N4O/c1-12-10-18-19(11-12)9-8-17-15(20)7-4-13-2-5-14(16)6-3-13/h2-7,10-11H,8-9,16H2,1H3,(H,17,20)/b7-4+. The Labute approximate surface area is 118 Å². The summed E-state index contributed by atoms with van der Waals surface area (Å²) < 4.78 is 1.80. The highest BCUT2D eigenvalue weighted by Gasteiger charge is 1.97. The van der Waals surface area contributed by atoms with Crippen molar-refractivity contribution in [3.05, 3.63) is 53.9 Å². The lowest BCUT2D eigenvalue weighted by atomic mass is 10.2. The Kier molecular flexibility index (Phi) is 4.55. The number of carbonyl (C=O) groups is 1. The van der Waals surface area contributed by atoms with Gasteiger partial charge in [-0.2, -0.15) is 5.10 Å². The van der Waals surface area contributed by atoms with Crippen molar-refractivity contribution in [2.75, 3.05) is 12.3 Å². The van der Waals surface area contributed by atoms with Gasteiger partial charge in [0, 0.05) is 24.5 Å². The fraction of sp³-hybridized carbons (Fsp3) is 0.200. The topological polar surface area (TPSA) is 72.9 Å². The molecule has 0 aliphatic heterocycles. The summed E-state index contributed by atoms with van der Waals surface area (Å²) in [4.78, 5) is 11.6. The van der Waals surface area contributed by atoms with Crippen LogP contribution in [0.2, 0.25) is 0 Å². The van der Waals surface area contributed by atoms with E-state index in [1.807, 2.05) is 25.3 Å². The molecule has 1 aromatic carbocycles. The SMILES string of the molecule is Cc1cnn(CCNC(=O)/C=C/c2ccc(N)cc2)c1. The second-order valence-corrected chi connectivity index (χ2v) is 4.57. The highest BCUT2D eigenvalue weighted by molar-refractivity contribution is 5.91. The molecule has 0 spiro atoms. The molecule has 2 rings (SSSR count). The van der Waals surface area contributed by atoms with Crippen LogP contribution in [0.4, 0.5) is 5.69 Å². The minimum Gasteiger partial charge on any atom is -0.399 e. The molecule has 5 heteroatoms. The van der Waals surface area contributed by atoms with Crippen LogP contribution in [0.5, 0.6) is 0 Å². The summed E-state index contributed by atoms with van der Waals surface area (Å²) in [6, 6.07) is 7.34. The third-order valence-corrected chi connectivity index (χ3v) is 2.77. The van der Waals surface area contributed by atoms with Crippen molar-refractivity contribution in [2.24, 2.45) is 0 Å². The van der Waals surface area contributed by atoms with Crippen LogP contribution in [0.15, 0.2) is 42.7 Å². The molecule has 0 fully saturated rings. The summed E-state index contributed by atoms with van der Waals surface area (Å²) in [5.41, 5.74) is 8.36. The first-order valence-corrected chi connectivity index (χ1v) is 6.44. The number of aromatic nitrogens is 2. The van der Waals surface area contributed by atoms with E-state index < -0.39 is 0 Å². The summed E-state index contributed by atoms with van der Waals surface area (Å²) in [6.45, 7) is 3.19. The van der Waals surface area contributed by atoms with Crippen LogP contribution in [-0.2, 0) is 11.3 Å². The van der Waals surface area contributed by atoms with Gasteiger partial charge in [-0.1, -0.05) is 12.1 Å². The van der Waals surface area contributed by atoms with Gasteiger partial charge in [-0.25, -0.2) is 0 Å². The van der Waals surface area contributed by atoms with E-state index in [0.29, 0.717) is 18.8 Å². The van der Waals surface area contributed by atoms with Gasteiger partial charge in [0.25, 0.3) is 0 Å². The maximum atomic E-state index is 11.6. The van der Waals surface area contributed by atoms with Crippen molar-refractivity contribution in [3.63, 3.8) is 0 Å². The van der Waals surface area contributed by atoms with Gasteiger partial charge in [-0.15, -0.1) is 0 Å². The largest absolute Gasteiger partial charge is 0.399 e. The Morgan fingerprint density at radius 3 is 2.80 bits per heavy atom. The Morgan fingerprint density at radius 1 is 1.40 bits per heavy atom. The Balaban J connectivity index is 1.76. The summed E-state index contributed by atoms with van der Waals surface area (Å²) in [6.07, 6.45) is 7.01. The summed E-state index contributed by atoms with van der Waals surface area (Å²) in [5, 5.41) is 6.96. The molecule has 0 unspecified atom stereocenters. The first-order valence-electron chi connectivity index (χ1n) is 6.44. The van der Waals surface area contributed by atoms with Gasteiger partial charge >= 0.3 is 0 Å². The zero-order valence-electron chi connectivity index (χ0n) is 11.4. The van der Waals surface area contributed by atoms with Gasteiger partial charge in [0.1, 0.15) is 0 Å². The molecular weight excluding hydrogens is 252 g/mol. The molecule has 1 heterocycles. The van der Waals surface area contributed by atoms with Crippen molar-refractivity contribution < 1.29 is 4.79 Å². The molecule has 0 aliphatic carbocycles. The van der Waals surface area contributed by atoms with Crippen molar-refractivity contribution >= 4 is 17.7 Å². The Morgan fingerprint density at radius 2 is 2.15 bits per heavy atom. The maximum absolute atomic E-state index is 11.6. The molecule has 0 atom stereocenters. The molecule has 0 saturated carbocycles. The van der Waals surface area contributed by atoms with E-state index in [9.17, 15) is 4.79 Å². The van der Waals surface area contributed by atoms with E-state index in [-0.39, 0.29) is 5.91 Å². The number of hydrogen-bond acceptors (Lipinski definition) is 3. The normalized spacial score (nSPS) is 10.8. The number of rotatable bonds is 5. The van der Waals surface area contributed by atoms with E-state index in [2.05, 4.69) is 10.4 Å². The molecule has 104 valence electrons. The first kappa shape index (κ1) is 13.9. The molecule has 1 amide bonds. The molecule has 0 bridgehead atoms.